The molecule has 2 aromatic carbocycles. The molecule has 2 aliphatic rings. The van der Waals surface area contributed by atoms with Crippen LogP contribution >= 0.6 is 11.8 Å². The Morgan fingerprint density at radius 3 is 2.52 bits per heavy atom. The lowest BCUT2D eigenvalue weighted by Gasteiger charge is -2.35. The number of piperidine rings is 1. The van der Waals surface area contributed by atoms with Crippen molar-refractivity contribution >= 4 is 35.3 Å². The lowest BCUT2D eigenvalue weighted by molar-refractivity contribution is -0.122. The maximum Gasteiger partial charge on any atom is 0.265 e. The largest absolute Gasteiger partial charge is 0.355 e. The van der Waals surface area contributed by atoms with Gasteiger partial charge in [0.25, 0.3) is 5.91 Å². The SMILES string of the molecule is C[C@H]1C[C@H](C)CN(CCCNC(=O)CN2C(=O)/C(=C/c3ccccc3)Sc3ccccc32)C1. The van der Waals surface area contributed by atoms with E-state index < -0.39 is 0 Å². The number of fused-ring (bicyclic) bond motifs is 1. The molecule has 0 unspecified atom stereocenters. The summed E-state index contributed by atoms with van der Waals surface area (Å²) in [7, 11) is 0. The number of carbonyl (C=O) groups is 2. The summed E-state index contributed by atoms with van der Waals surface area (Å²) in [6.07, 6.45) is 4.12. The van der Waals surface area contributed by atoms with Crippen LogP contribution in [0, 0.1) is 11.8 Å². The van der Waals surface area contributed by atoms with E-state index in [9.17, 15) is 9.59 Å². The van der Waals surface area contributed by atoms with E-state index >= 15 is 0 Å². The Hall–Kier alpha value is -2.57. The number of nitrogens with one attached hydrogen (secondary N) is 1. The second-order valence-corrected chi connectivity index (χ2v) is 10.4. The van der Waals surface area contributed by atoms with Crippen molar-refractivity contribution in [3.8, 4) is 0 Å². The molecular weight excluding hydrogens is 430 g/mol. The highest BCUT2D eigenvalue weighted by atomic mass is 32.2. The lowest BCUT2D eigenvalue weighted by Crippen LogP contribution is -2.43. The van der Waals surface area contributed by atoms with Gasteiger partial charge in [-0.15, -0.1) is 0 Å². The summed E-state index contributed by atoms with van der Waals surface area (Å²) in [4.78, 5) is 31.7. The first kappa shape index (κ1) is 23.6. The molecular formula is C27H33N3O2S. The van der Waals surface area contributed by atoms with E-state index in [-0.39, 0.29) is 18.4 Å². The summed E-state index contributed by atoms with van der Waals surface area (Å²) < 4.78 is 0. The van der Waals surface area contributed by atoms with Crippen LogP contribution in [0.4, 0.5) is 5.69 Å². The molecule has 1 N–H and O–H groups in total. The summed E-state index contributed by atoms with van der Waals surface area (Å²) in [6, 6.07) is 17.6. The zero-order valence-corrected chi connectivity index (χ0v) is 20.3. The van der Waals surface area contributed by atoms with E-state index in [1.54, 1.807) is 4.90 Å². The molecule has 2 aromatic rings. The number of anilines is 1. The molecule has 2 amide bonds. The van der Waals surface area contributed by atoms with Crippen LogP contribution in [0.5, 0.6) is 0 Å². The van der Waals surface area contributed by atoms with Crippen LogP contribution in [0.1, 0.15) is 32.3 Å². The highest BCUT2D eigenvalue weighted by molar-refractivity contribution is 8.04. The molecule has 1 saturated heterocycles. The van der Waals surface area contributed by atoms with Gasteiger partial charge in [0.1, 0.15) is 6.54 Å². The van der Waals surface area contributed by atoms with Crippen molar-refractivity contribution in [3.63, 3.8) is 0 Å². The average molecular weight is 464 g/mol. The van der Waals surface area contributed by atoms with Crippen molar-refractivity contribution in [2.24, 2.45) is 11.8 Å². The fourth-order valence-electron chi connectivity index (χ4n) is 4.82. The number of hydrogen-bond donors (Lipinski definition) is 1. The number of likely N-dealkylation sites (tertiary alicyclic amines) is 1. The highest BCUT2D eigenvalue weighted by Gasteiger charge is 2.30. The monoisotopic (exact) mass is 463 g/mol. The van der Waals surface area contributed by atoms with Gasteiger partial charge in [0.05, 0.1) is 10.6 Å². The Labute approximate surface area is 201 Å². The van der Waals surface area contributed by atoms with Gasteiger partial charge in [-0.25, -0.2) is 0 Å². The van der Waals surface area contributed by atoms with E-state index in [1.807, 2.05) is 60.7 Å². The summed E-state index contributed by atoms with van der Waals surface area (Å²) in [5, 5.41) is 3.02. The van der Waals surface area contributed by atoms with Crippen molar-refractivity contribution in [1.29, 1.82) is 0 Å². The van der Waals surface area contributed by atoms with Crippen LogP contribution in [-0.4, -0.2) is 49.4 Å². The molecule has 2 heterocycles. The second-order valence-electron chi connectivity index (χ2n) is 9.29. The molecule has 2 atom stereocenters. The Bertz CT molecular complexity index is 997. The first-order chi connectivity index (χ1) is 16.0. The Morgan fingerprint density at radius 2 is 1.76 bits per heavy atom. The van der Waals surface area contributed by atoms with E-state index in [1.165, 1.54) is 18.2 Å². The first-order valence-electron chi connectivity index (χ1n) is 11.8. The summed E-state index contributed by atoms with van der Waals surface area (Å²) in [5.41, 5.74) is 1.77. The van der Waals surface area contributed by atoms with E-state index in [2.05, 4.69) is 24.1 Å². The van der Waals surface area contributed by atoms with Crippen molar-refractivity contribution in [2.45, 2.75) is 31.6 Å². The van der Waals surface area contributed by atoms with Gasteiger partial charge in [0.15, 0.2) is 0 Å². The summed E-state index contributed by atoms with van der Waals surface area (Å²) in [5.74, 6) is 1.23. The molecule has 33 heavy (non-hydrogen) atoms. The number of hydrogen-bond acceptors (Lipinski definition) is 4. The average Bonchev–Trinajstić information content (AvgIpc) is 2.79. The van der Waals surface area contributed by atoms with Gasteiger partial charge in [0.2, 0.25) is 5.91 Å². The number of nitrogens with zero attached hydrogens (tertiary/aromatic N) is 2. The number of amides is 2. The maximum absolute atomic E-state index is 13.3. The number of thioether (sulfide) groups is 1. The predicted molar refractivity (Wildman–Crippen MR) is 136 cm³/mol. The minimum Gasteiger partial charge on any atom is -0.355 e. The van der Waals surface area contributed by atoms with Gasteiger partial charge < -0.3 is 10.2 Å². The number of para-hydroxylation sites is 1. The number of benzene rings is 2. The summed E-state index contributed by atoms with van der Waals surface area (Å²) >= 11 is 1.46. The number of carbonyl (C=O) groups excluding carboxylic acids is 2. The van der Waals surface area contributed by atoms with Crippen molar-refractivity contribution in [1.82, 2.24) is 10.2 Å². The van der Waals surface area contributed by atoms with Gasteiger partial charge in [-0.05, 0) is 55.0 Å². The molecule has 5 nitrogen and oxygen atoms in total. The molecule has 0 bridgehead atoms. The smallest absolute Gasteiger partial charge is 0.265 e. The highest BCUT2D eigenvalue weighted by Crippen LogP contribution is 2.41. The van der Waals surface area contributed by atoms with Gasteiger partial charge in [-0.3, -0.25) is 14.5 Å². The molecule has 0 saturated carbocycles. The predicted octanol–water partition coefficient (Wildman–Crippen LogP) is 4.65. The molecule has 6 heteroatoms. The molecule has 1 fully saturated rings. The van der Waals surface area contributed by atoms with Crippen molar-refractivity contribution in [2.75, 3.05) is 37.6 Å². The van der Waals surface area contributed by atoms with Crippen LogP contribution in [0.2, 0.25) is 0 Å². The normalized spacial score (nSPS) is 22.3. The lowest BCUT2D eigenvalue weighted by atomic mass is 9.92. The zero-order valence-electron chi connectivity index (χ0n) is 19.5. The Balaban J connectivity index is 1.36. The third kappa shape index (κ3) is 6.27. The summed E-state index contributed by atoms with van der Waals surface area (Å²) in [6.45, 7) is 8.58. The quantitative estimate of drug-likeness (QED) is 0.480. The third-order valence-electron chi connectivity index (χ3n) is 6.15. The Morgan fingerprint density at radius 1 is 1.06 bits per heavy atom. The molecule has 0 radical (unpaired) electrons. The van der Waals surface area contributed by atoms with Crippen molar-refractivity contribution in [3.05, 3.63) is 65.1 Å². The minimum atomic E-state index is -0.131. The van der Waals surface area contributed by atoms with E-state index in [4.69, 9.17) is 0 Å². The second kappa shape index (κ2) is 11.0. The van der Waals surface area contributed by atoms with Crippen LogP contribution in [-0.2, 0) is 9.59 Å². The van der Waals surface area contributed by atoms with Crippen LogP contribution in [0.3, 0.4) is 0 Å². The van der Waals surface area contributed by atoms with Crippen LogP contribution in [0.15, 0.2) is 64.4 Å². The fraction of sp³-hybridized carbons (Fsp3) is 0.407. The zero-order chi connectivity index (χ0) is 23.2. The molecule has 0 spiro atoms. The Kier molecular flexibility index (Phi) is 7.89. The maximum atomic E-state index is 13.3. The molecule has 2 aliphatic heterocycles. The van der Waals surface area contributed by atoms with Crippen molar-refractivity contribution < 1.29 is 9.59 Å². The molecule has 174 valence electrons. The molecule has 4 rings (SSSR count). The van der Waals surface area contributed by atoms with Crippen LogP contribution < -0.4 is 10.2 Å². The fourth-order valence-corrected chi connectivity index (χ4v) is 5.88. The van der Waals surface area contributed by atoms with Gasteiger partial charge >= 0.3 is 0 Å². The van der Waals surface area contributed by atoms with Gasteiger partial charge in [0, 0.05) is 24.5 Å². The standard InChI is InChI=1S/C27H33N3O2S/c1-20-15-21(2)18-29(17-20)14-8-13-28-26(31)19-30-23-11-6-7-12-24(23)33-25(27(30)32)16-22-9-4-3-5-10-22/h3-7,9-12,16,20-21H,8,13-15,17-19H2,1-2H3,(H,28,31)/b25-16-/t20-,21-/m0/s1. The van der Waals surface area contributed by atoms with Gasteiger partial charge in [-0.2, -0.15) is 0 Å². The topological polar surface area (TPSA) is 52.7 Å². The van der Waals surface area contributed by atoms with E-state index in [0.29, 0.717) is 11.4 Å². The van der Waals surface area contributed by atoms with Gasteiger partial charge in [-0.1, -0.05) is 68.1 Å². The number of rotatable bonds is 7. The van der Waals surface area contributed by atoms with E-state index in [0.717, 1.165) is 54.0 Å². The minimum absolute atomic E-state index is 0.0281. The third-order valence-corrected chi connectivity index (χ3v) is 7.23. The molecule has 0 aromatic heterocycles. The van der Waals surface area contributed by atoms with Crippen LogP contribution in [0.25, 0.3) is 6.08 Å². The molecule has 0 aliphatic carbocycles. The first-order valence-corrected chi connectivity index (χ1v) is 12.7.